The van der Waals surface area contributed by atoms with Crippen LogP contribution in [0.5, 0.6) is 0 Å². The number of hydrogen-bond donors (Lipinski definition) is 0. The van der Waals surface area contributed by atoms with Crippen LogP contribution in [0.2, 0.25) is 0 Å². The first-order chi connectivity index (χ1) is 11.8. The zero-order chi connectivity index (χ0) is 16.4. The normalized spacial score (nSPS) is 27.3. The Morgan fingerprint density at radius 2 is 2.17 bits per heavy atom. The van der Waals surface area contributed by atoms with Crippen molar-refractivity contribution in [3.05, 3.63) is 48.0 Å². The van der Waals surface area contributed by atoms with E-state index in [1.54, 1.807) is 0 Å². The molecular weight excluding hydrogens is 304 g/mol. The van der Waals surface area contributed by atoms with Crippen molar-refractivity contribution in [2.45, 2.75) is 44.2 Å². The van der Waals surface area contributed by atoms with Crippen LogP contribution in [-0.4, -0.2) is 51.1 Å². The maximum Gasteiger partial charge on any atom is 0.100 e. The van der Waals surface area contributed by atoms with Crippen molar-refractivity contribution >= 4 is 0 Å². The number of hydrogen-bond acceptors (Lipinski definition) is 5. The summed E-state index contributed by atoms with van der Waals surface area (Å²) in [5.41, 5.74) is 2.40. The van der Waals surface area contributed by atoms with Gasteiger partial charge < -0.3 is 9.47 Å². The molecule has 24 heavy (non-hydrogen) atoms. The van der Waals surface area contributed by atoms with E-state index in [1.807, 2.05) is 42.5 Å². The fourth-order valence-electron chi connectivity index (χ4n) is 3.80. The minimum Gasteiger partial charge on any atom is -0.374 e. The van der Waals surface area contributed by atoms with E-state index in [1.165, 1.54) is 12.0 Å². The van der Waals surface area contributed by atoms with Crippen molar-refractivity contribution in [2.24, 2.45) is 7.05 Å². The third-order valence-electron chi connectivity index (χ3n) is 4.94. The Labute approximate surface area is 142 Å². The molecule has 2 saturated heterocycles. The third-order valence-corrected chi connectivity index (χ3v) is 4.94. The summed E-state index contributed by atoms with van der Waals surface area (Å²) in [5.74, 6) is 0. The van der Waals surface area contributed by atoms with Gasteiger partial charge in [-0.05, 0) is 30.5 Å². The lowest BCUT2D eigenvalue weighted by molar-refractivity contribution is -0.0819. The van der Waals surface area contributed by atoms with E-state index in [9.17, 15) is 0 Å². The van der Waals surface area contributed by atoms with Crippen molar-refractivity contribution in [1.82, 2.24) is 19.7 Å². The van der Waals surface area contributed by atoms with Gasteiger partial charge in [-0.15, -0.1) is 0 Å². The van der Waals surface area contributed by atoms with Gasteiger partial charge in [0.15, 0.2) is 0 Å². The van der Waals surface area contributed by atoms with Gasteiger partial charge in [-0.2, -0.15) is 5.10 Å². The molecule has 0 radical (unpaired) electrons. The Morgan fingerprint density at radius 3 is 2.96 bits per heavy atom. The van der Waals surface area contributed by atoms with E-state index < -0.39 is 0 Å². The molecule has 6 nitrogen and oxygen atoms in total. The van der Waals surface area contributed by atoms with E-state index in [0.29, 0.717) is 12.6 Å². The molecule has 128 valence electrons. The smallest absolute Gasteiger partial charge is 0.100 e. The molecule has 2 fully saturated rings. The maximum atomic E-state index is 6.22. The highest BCUT2D eigenvalue weighted by Gasteiger charge is 2.44. The van der Waals surface area contributed by atoms with Crippen molar-refractivity contribution in [3.8, 4) is 0 Å². The summed E-state index contributed by atoms with van der Waals surface area (Å²) in [4.78, 5) is 6.55. The largest absolute Gasteiger partial charge is 0.374 e. The Balaban J connectivity index is 1.42. The number of pyridine rings is 1. The van der Waals surface area contributed by atoms with Crippen molar-refractivity contribution in [1.29, 1.82) is 0 Å². The summed E-state index contributed by atoms with van der Waals surface area (Å²) in [5, 5.41) is 4.28. The molecular formula is C18H24N4O2. The molecule has 0 aliphatic carbocycles. The van der Waals surface area contributed by atoms with Crippen LogP contribution >= 0.6 is 0 Å². The average Bonchev–Trinajstić information content (AvgIpc) is 3.18. The molecule has 4 heterocycles. The zero-order valence-corrected chi connectivity index (χ0v) is 14.0. The highest BCUT2D eigenvalue weighted by Crippen LogP contribution is 2.32. The van der Waals surface area contributed by atoms with Crippen molar-refractivity contribution < 1.29 is 9.47 Å². The minimum atomic E-state index is 0.125. The summed E-state index contributed by atoms with van der Waals surface area (Å²) in [7, 11) is 1.96. The van der Waals surface area contributed by atoms with Gasteiger partial charge >= 0.3 is 0 Å². The molecule has 0 unspecified atom stereocenters. The summed E-state index contributed by atoms with van der Waals surface area (Å²) in [6, 6.07) is 4.45. The topological polar surface area (TPSA) is 52.4 Å². The van der Waals surface area contributed by atoms with Crippen LogP contribution in [0.15, 0.2) is 36.9 Å². The molecule has 0 bridgehead atoms. The summed E-state index contributed by atoms with van der Waals surface area (Å²) >= 11 is 0. The molecule has 6 heteroatoms. The first kappa shape index (κ1) is 15.7. The quantitative estimate of drug-likeness (QED) is 0.837. The van der Waals surface area contributed by atoms with Gasteiger partial charge in [0.05, 0.1) is 18.9 Å². The van der Waals surface area contributed by atoms with Crippen LogP contribution in [0, 0.1) is 0 Å². The standard InChI is InChI=1S/C18H24N4O2/c1-21-10-15(9-20-21)11-22-12-17(18-16(22)3-2-8-23-18)24-13-14-4-6-19-7-5-14/h4-7,9-10,16-18H,2-3,8,11-13H2,1H3/t16-,17+,18+/m0/s1. The van der Waals surface area contributed by atoms with Crippen molar-refractivity contribution in [3.63, 3.8) is 0 Å². The van der Waals surface area contributed by atoms with Crippen LogP contribution in [-0.2, 0) is 29.7 Å². The maximum absolute atomic E-state index is 6.22. The number of likely N-dealkylation sites (tertiary alicyclic amines) is 1. The second-order valence-electron chi connectivity index (χ2n) is 6.70. The van der Waals surface area contributed by atoms with Gasteiger partial charge in [0, 0.05) is 56.9 Å². The summed E-state index contributed by atoms with van der Waals surface area (Å²) in [6.07, 6.45) is 10.3. The Hall–Kier alpha value is -1.76. The van der Waals surface area contributed by atoms with Gasteiger partial charge in [-0.25, -0.2) is 0 Å². The predicted molar refractivity (Wildman–Crippen MR) is 89.2 cm³/mol. The molecule has 2 aromatic heterocycles. The molecule has 2 aliphatic heterocycles. The number of ether oxygens (including phenoxy) is 2. The molecule has 0 spiro atoms. The molecule has 2 aromatic rings. The van der Waals surface area contributed by atoms with Crippen molar-refractivity contribution in [2.75, 3.05) is 13.2 Å². The third kappa shape index (κ3) is 3.36. The second kappa shape index (κ2) is 7.01. The van der Waals surface area contributed by atoms with Crippen LogP contribution in [0.3, 0.4) is 0 Å². The molecule has 0 saturated carbocycles. The summed E-state index contributed by atoms with van der Waals surface area (Å²) < 4.78 is 14.2. The molecule has 0 aromatic carbocycles. The SMILES string of the molecule is Cn1cc(CN2C[C@@H](OCc3ccncc3)[C@@H]3OCCC[C@@H]32)cn1. The van der Waals surface area contributed by atoms with E-state index in [4.69, 9.17) is 9.47 Å². The van der Waals surface area contributed by atoms with Gasteiger partial charge in [0.1, 0.15) is 6.10 Å². The fourth-order valence-corrected chi connectivity index (χ4v) is 3.80. The molecule has 3 atom stereocenters. The Morgan fingerprint density at radius 1 is 1.29 bits per heavy atom. The van der Waals surface area contributed by atoms with E-state index in [0.717, 1.165) is 31.7 Å². The van der Waals surface area contributed by atoms with Crippen LogP contribution in [0.4, 0.5) is 0 Å². The molecule has 0 N–H and O–H groups in total. The lowest BCUT2D eigenvalue weighted by Crippen LogP contribution is -2.41. The lowest BCUT2D eigenvalue weighted by atomic mass is 10.0. The molecule has 0 amide bonds. The number of aromatic nitrogens is 3. The predicted octanol–water partition coefficient (Wildman–Crippen LogP) is 1.76. The zero-order valence-electron chi connectivity index (χ0n) is 14.0. The van der Waals surface area contributed by atoms with Crippen LogP contribution in [0.1, 0.15) is 24.0 Å². The first-order valence-electron chi connectivity index (χ1n) is 8.63. The average molecular weight is 328 g/mol. The van der Waals surface area contributed by atoms with Gasteiger partial charge in [-0.3, -0.25) is 14.6 Å². The van der Waals surface area contributed by atoms with Gasteiger partial charge in [-0.1, -0.05) is 0 Å². The highest BCUT2D eigenvalue weighted by molar-refractivity contribution is 5.09. The van der Waals surface area contributed by atoms with E-state index in [2.05, 4.69) is 21.2 Å². The summed E-state index contributed by atoms with van der Waals surface area (Å²) in [6.45, 7) is 3.28. The lowest BCUT2D eigenvalue weighted by Gasteiger charge is -2.32. The first-order valence-corrected chi connectivity index (χ1v) is 8.63. The number of rotatable bonds is 5. The van der Waals surface area contributed by atoms with Crippen LogP contribution < -0.4 is 0 Å². The van der Waals surface area contributed by atoms with E-state index >= 15 is 0 Å². The molecule has 2 aliphatic rings. The van der Waals surface area contributed by atoms with Gasteiger partial charge in [0.2, 0.25) is 0 Å². The minimum absolute atomic E-state index is 0.125. The van der Waals surface area contributed by atoms with Crippen LogP contribution in [0.25, 0.3) is 0 Å². The Bertz CT molecular complexity index is 660. The van der Waals surface area contributed by atoms with E-state index in [-0.39, 0.29) is 12.2 Å². The number of nitrogens with zero attached hydrogens (tertiary/aromatic N) is 4. The second-order valence-corrected chi connectivity index (χ2v) is 6.70. The fraction of sp³-hybridized carbons (Fsp3) is 0.556. The molecule has 4 rings (SSSR count). The Kier molecular flexibility index (Phi) is 4.60. The number of fused-ring (bicyclic) bond motifs is 1. The van der Waals surface area contributed by atoms with Gasteiger partial charge in [0.25, 0.3) is 0 Å². The monoisotopic (exact) mass is 328 g/mol. The number of aryl methyl sites for hydroxylation is 1. The highest BCUT2D eigenvalue weighted by atomic mass is 16.5.